The molecule has 0 aliphatic rings. The summed E-state index contributed by atoms with van der Waals surface area (Å²) in [6.07, 6.45) is 0.790. The van der Waals surface area contributed by atoms with Gasteiger partial charge in [-0.15, -0.1) is 0 Å². The number of hydrogen-bond acceptors (Lipinski definition) is 2. The van der Waals surface area contributed by atoms with Crippen LogP contribution in [0.25, 0.3) is 0 Å². The molecule has 0 amide bonds. The van der Waals surface area contributed by atoms with Crippen molar-refractivity contribution in [1.29, 1.82) is 0 Å². The molecule has 0 aliphatic carbocycles. The first-order valence-corrected chi connectivity index (χ1v) is 6.42. The van der Waals surface area contributed by atoms with E-state index in [0.717, 1.165) is 19.1 Å². The van der Waals surface area contributed by atoms with Gasteiger partial charge in [0.25, 0.3) is 0 Å². The van der Waals surface area contributed by atoms with Gasteiger partial charge in [0.2, 0.25) is 0 Å². The van der Waals surface area contributed by atoms with Crippen molar-refractivity contribution in [3.63, 3.8) is 0 Å². The van der Waals surface area contributed by atoms with Gasteiger partial charge in [-0.2, -0.15) is 0 Å². The van der Waals surface area contributed by atoms with Gasteiger partial charge in [0.05, 0.1) is 0 Å². The van der Waals surface area contributed by atoms with E-state index in [-0.39, 0.29) is 12.1 Å². The number of benzene rings is 1. The lowest BCUT2D eigenvalue weighted by molar-refractivity contribution is 0.108. The summed E-state index contributed by atoms with van der Waals surface area (Å²) >= 11 is 0. The Kier molecular flexibility index (Phi) is 6.87. The Morgan fingerprint density at radius 2 is 1.79 bits per heavy atom. The molecule has 1 aromatic carbocycles. The molecule has 0 spiro atoms. The molecule has 0 aromatic heterocycles. The number of hydrogen-bond donors (Lipinski definition) is 1. The van der Waals surface area contributed by atoms with E-state index in [9.17, 15) is 13.2 Å². The van der Waals surface area contributed by atoms with Crippen molar-refractivity contribution in [3.05, 3.63) is 35.1 Å². The molecule has 0 saturated carbocycles. The molecule has 0 radical (unpaired) electrons. The summed E-state index contributed by atoms with van der Waals surface area (Å²) in [6, 6.07) is 1.45. The third kappa shape index (κ3) is 6.07. The molecular weight excluding hydrogens is 255 g/mol. The average molecular weight is 275 g/mol. The van der Waals surface area contributed by atoms with Crippen LogP contribution in [0.4, 0.5) is 13.2 Å². The van der Waals surface area contributed by atoms with Gasteiger partial charge in [0.15, 0.2) is 11.6 Å². The molecule has 2 nitrogen and oxygen atoms in total. The van der Waals surface area contributed by atoms with Crippen molar-refractivity contribution in [1.82, 2.24) is 5.32 Å². The first kappa shape index (κ1) is 16.0. The summed E-state index contributed by atoms with van der Waals surface area (Å²) in [7, 11) is 0. The van der Waals surface area contributed by atoms with Gasteiger partial charge >= 0.3 is 0 Å². The highest BCUT2D eigenvalue weighted by Gasteiger charge is 2.08. The Balaban J connectivity index is 2.21. The Labute approximate surface area is 112 Å². The van der Waals surface area contributed by atoms with E-state index < -0.39 is 17.5 Å². The second kappa shape index (κ2) is 8.17. The highest BCUT2D eigenvalue weighted by molar-refractivity contribution is 5.19. The monoisotopic (exact) mass is 275 g/mol. The summed E-state index contributed by atoms with van der Waals surface area (Å²) in [4.78, 5) is 0. The maximum Gasteiger partial charge on any atom is 0.161 e. The molecule has 1 rings (SSSR count). The van der Waals surface area contributed by atoms with E-state index >= 15 is 0 Å². The summed E-state index contributed by atoms with van der Waals surface area (Å²) in [5.74, 6) is -2.42. The quantitative estimate of drug-likeness (QED) is 0.581. The van der Waals surface area contributed by atoms with Gasteiger partial charge in [-0.25, -0.2) is 13.2 Å². The number of ether oxygens (including phenoxy) is 1. The normalized spacial score (nSPS) is 11.3. The fourth-order valence-electron chi connectivity index (χ4n) is 1.54. The number of halogens is 3. The Morgan fingerprint density at radius 3 is 2.47 bits per heavy atom. The van der Waals surface area contributed by atoms with Crippen LogP contribution >= 0.6 is 0 Å². The van der Waals surface area contributed by atoms with Crippen LogP contribution in [0.3, 0.4) is 0 Å². The predicted molar refractivity (Wildman–Crippen MR) is 68.3 cm³/mol. The van der Waals surface area contributed by atoms with Gasteiger partial charge in [-0.05, 0) is 24.9 Å². The van der Waals surface area contributed by atoms with E-state index in [2.05, 4.69) is 19.2 Å². The molecule has 0 heterocycles. The van der Waals surface area contributed by atoms with Crippen LogP contribution in [0.5, 0.6) is 0 Å². The van der Waals surface area contributed by atoms with Gasteiger partial charge in [-0.1, -0.05) is 13.8 Å². The third-order valence-electron chi connectivity index (χ3n) is 2.50. The van der Waals surface area contributed by atoms with Crippen LogP contribution < -0.4 is 5.32 Å². The minimum Gasteiger partial charge on any atom is -0.381 e. The molecule has 1 aromatic rings. The summed E-state index contributed by atoms with van der Waals surface area (Å²) < 4.78 is 44.3. The number of nitrogens with one attached hydrogen (secondary N) is 1. The summed E-state index contributed by atoms with van der Waals surface area (Å²) in [5, 5.41) is 2.97. The van der Waals surface area contributed by atoms with E-state index in [1.165, 1.54) is 0 Å². The Hall–Kier alpha value is -1.07. The van der Waals surface area contributed by atoms with Gasteiger partial charge in [0.1, 0.15) is 5.82 Å². The molecule has 108 valence electrons. The maximum atomic E-state index is 13.3. The lowest BCUT2D eigenvalue weighted by Gasteiger charge is -2.08. The van der Waals surface area contributed by atoms with E-state index in [4.69, 9.17) is 4.74 Å². The second-order valence-corrected chi connectivity index (χ2v) is 4.86. The zero-order valence-electron chi connectivity index (χ0n) is 11.3. The zero-order chi connectivity index (χ0) is 14.3. The highest BCUT2D eigenvalue weighted by atomic mass is 19.2. The third-order valence-corrected chi connectivity index (χ3v) is 2.50. The Morgan fingerprint density at radius 1 is 1.11 bits per heavy atom. The van der Waals surface area contributed by atoms with Crippen molar-refractivity contribution in [2.45, 2.75) is 26.8 Å². The Bertz CT molecular complexity index is 397. The first-order chi connectivity index (χ1) is 9.00. The molecule has 0 saturated heterocycles. The van der Waals surface area contributed by atoms with E-state index in [1.807, 2.05) is 0 Å². The zero-order valence-corrected chi connectivity index (χ0v) is 11.3. The minimum absolute atomic E-state index is 0.127. The van der Waals surface area contributed by atoms with E-state index in [0.29, 0.717) is 25.1 Å². The van der Waals surface area contributed by atoms with Crippen LogP contribution in [-0.2, 0) is 11.3 Å². The van der Waals surface area contributed by atoms with Gasteiger partial charge in [-0.3, -0.25) is 0 Å². The molecule has 0 aliphatic heterocycles. The van der Waals surface area contributed by atoms with Gasteiger partial charge in [0, 0.05) is 31.4 Å². The van der Waals surface area contributed by atoms with Crippen molar-refractivity contribution in [3.8, 4) is 0 Å². The molecule has 0 atom stereocenters. The summed E-state index contributed by atoms with van der Waals surface area (Å²) in [6.45, 7) is 6.31. The van der Waals surface area contributed by atoms with Crippen molar-refractivity contribution >= 4 is 0 Å². The van der Waals surface area contributed by atoms with Crippen LogP contribution in [0, 0.1) is 23.4 Å². The van der Waals surface area contributed by atoms with Crippen LogP contribution in [0.1, 0.15) is 25.8 Å². The van der Waals surface area contributed by atoms with Crippen LogP contribution in [0.15, 0.2) is 12.1 Å². The molecule has 0 fully saturated rings. The molecule has 0 bridgehead atoms. The highest BCUT2D eigenvalue weighted by Crippen LogP contribution is 2.13. The second-order valence-electron chi connectivity index (χ2n) is 4.86. The lowest BCUT2D eigenvalue weighted by atomic mass is 10.2. The molecular formula is C14H20F3NO. The maximum absolute atomic E-state index is 13.3. The number of rotatable bonds is 8. The van der Waals surface area contributed by atoms with Crippen molar-refractivity contribution in [2.24, 2.45) is 5.92 Å². The first-order valence-electron chi connectivity index (χ1n) is 6.42. The molecule has 1 N–H and O–H groups in total. The lowest BCUT2D eigenvalue weighted by Crippen LogP contribution is -2.18. The van der Waals surface area contributed by atoms with Gasteiger partial charge < -0.3 is 10.1 Å². The molecule has 5 heteroatoms. The molecule has 0 unspecified atom stereocenters. The topological polar surface area (TPSA) is 21.3 Å². The van der Waals surface area contributed by atoms with Crippen LogP contribution in [-0.4, -0.2) is 19.8 Å². The average Bonchev–Trinajstić information content (AvgIpc) is 2.33. The molecule has 19 heavy (non-hydrogen) atoms. The minimum atomic E-state index is -1.16. The van der Waals surface area contributed by atoms with E-state index in [1.54, 1.807) is 0 Å². The smallest absolute Gasteiger partial charge is 0.161 e. The SMILES string of the molecule is CC(C)COCCCNCc1cc(F)c(F)cc1F. The van der Waals surface area contributed by atoms with Crippen molar-refractivity contribution in [2.75, 3.05) is 19.8 Å². The fraction of sp³-hybridized carbons (Fsp3) is 0.571. The van der Waals surface area contributed by atoms with Crippen LogP contribution in [0.2, 0.25) is 0 Å². The predicted octanol–water partition coefficient (Wildman–Crippen LogP) is 3.26. The summed E-state index contributed by atoms with van der Waals surface area (Å²) in [5.41, 5.74) is 0.127. The van der Waals surface area contributed by atoms with Crippen molar-refractivity contribution < 1.29 is 17.9 Å². The fourth-order valence-corrected chi connectivity index (χ4v) is 1.54. The standard InChI is InChI=1S/C14H20F3NO/c1-10(2)9-19-5-3-4-18-8-11-6-13(16)14(17)7-12(11)15/h6-7,10,18H,3-5,8-9H2,1-2H3. The largest absolute Gasteiger partial charge is 0.381 e.